The quantitative estimate of drug-likeness (QED) is 0.689. The van der Waals surface area contributed by atoms with Gasteiger partial charge in [-0.25, -0.2) is 12.7 Å². The Morgan fingerprint density at radius 1 is 1.03 bits per heavy atom. The van der Waals surface area contributed by atoms with E-state index in [4.69, 9.17) is 4.74 Å². The van der Waals surface area contributed by atoms with Gasteiger partial charge in [0.25, 0.3) is 5.91 Å². The molecule has 2 aromatic carbocycles. The molecule has 6 nitrogen and oxygen atoms in total. The van der Waals surface area contributed by atoms with Gasteiger partial charge < -0.3 is 10.1 Å². The highest BCUT2D eigenvalue weighted by molar-refractivity contribution is 7.88. The summed E-state index contributed by atoms with van der Waals surface area (Å²) < 4.78 is 32.0. The van der Waals surface area contributed by atoms with Gasteiger partial charge in [-0.05, 0) is 54.7 Å². The van der Waals surface area contributed by atoms with E-state index in [0.29, 0.717) is 24.2 Å². The van der Waals surface area contributed by atoms with E-state index in [0.717, 1.165) is 37.0 Å². The highest BCUT2D eigenvalue weighted by atomic mass is 32.2. The number of hydrogen-bond donors (Lipinski definition) is 1. The molecule has 7 heteroatoms. The van der Waals surface area contributed by atoms with Crippen molar-refractivity contribution in [3.8, 4) is 5.75 Å². The van der Waals surface area contributed by atoms with E-state index < -0.39 is 10.0 Å². The minimum Gasteiger partial charge on any atom is -0.497 e. The van der Waals surface area contributed by atoms with E-state index in [-0.39, 0.29) is 17.7 Å². The molecule has 0 radical (unpaired) electrons. The molecule has 1 amide bonds. The average Bonchev–Trinajstić information content (AvgIpc) is 2.78. The molecule has 162 valence electrons. The number of piperidine rings is 1. The summed E-state index contributed by atoms with van der Waals surface area (Å²) in [6.45, 7) is 3.23. The van der Waals surface area contributed by atoms with Crippen molar-refractivity contribution in [1.82, 2.24) is 9.62 Å². The fraction of sp³-hybridized carbons (Fsp3) is 0.435. The zero-order valence-electron chi connectivity index (χ0n) is 17.6. The lowest BCUT2D eigenvalue weighted by Gasteiger charge is -2.25. The summed E-state index contributed by atoms with van der Waals surface area (Å²) in [4.78, 5) is 12.7. The molecule has 2 aromatic rings. The van der Waals surface area contributed by atoms with Crippen LogP contribution in [0.25, 0.3) is 0 Å². The summed E-state index contributed by atoms with van der Waals surface area (Å²) in [5, 5.41) is 3.05. The first-order valence-corrected chi connectivity index (χ1v) is 12.1. The summed E-state index contributed by atoms with van der Waals surface area (Å²) in [7, 11) is -1.69. The smallest absolute Gasteiger partial charge is 0.251 e. The first-order valence-electron chi connectivity index (χ1n) is 10.4. The van der Waals surface area contributed by atoms with E-state index in [1.165, 1.54) is 0 Å². The molecule has 0 saturated carbocycles. The summed E-state index contributed by atoms with van der Waals surface area (Å²) in [6, 6.07) is 14.4. The number of carbonyl (C=O) groups is 1. The summed E-state index contributed by atoms with van der Waals surface area (Å²) >= 11 is 0. The van der Waals surface area contributed by atoms with Crippen LogP contribution in [0.3, 0.4) is 0 Å². The van der Waals surface area contributed by atoms with Crippen LogP contribution in [0, 0.1) is 0 Å². The Kier molecular flexibility index (Phi) is 7.50. The van der Waals surface area contributed by atoms with Crippen LogP contribution < -0.4 is 10.1 Å². The molecule has 0 spiro atoms. The lowest BCUT2D eigenvalue weighted by Crippen LogP contribution is -2.36. The van der Waals surface area contributed by atoms with Crippen molar-refractivity contribution >= 4 is 15.9 Å². The first-order chi connectivity index (χ1) is 14.4. The van der Waals surface area contributed by atoms with Crippen LogP contribution in [0.15, 0.2) is 48.5 Å². The van der Waals surface area contributed by atoms with E-state index in [2.05, 4.69) is 5.32 Å². The minimum absolute atomic E-state index is 0.0294. The largest absolute Gasteiger partial charge is 0.497 e. The van der Waals surface area contributed by atoms with Gasteiger partial charge in [-0.3, -0.25) is 4.79 Å². The normalized spacial score (nSPS) is 16.1. The third-order valence-corrected chi connectivity index (χ3v) is 7.36. The molecule has 1 aliphatic rings. The van der Waals surface area contributed by atoms with Crippen LogP contribution in [-0.4, -0.2) is 38.8 Å². The van der Waals surface area contributed by atoms with Gasteiger partial charge in [0.05, 0.1) is 18.9 Å². The minimum atomic E-state index is -3.31. The van der Waals surface area contributed by atoms with Crippen LogP contribution >= 0.6 is 0 Å². The van der Waals surface area contributed by atoms with Crippen LogP contribution in [-0.2, 0) is 15.8 Å². The molecule has 1 saturated heterocycles. The van der Waals surface area contributed by atoms with Gasteiger partial charge in [0.2, 0.25) is 10.0 Å². The third-order valence-electron chi connectivity index (χ3n) is 5.51. The zero-order chi connectivity index (χ0) is 21.6. The van der Waals surface area contributed by atoms with Crippen LogP contribution in [0.5, 0.6) is 5.75 Å². The Bertz CT molecular complexity index is 934. The van der Waals surface area contributed by atoms with E-state index in [9.17, 15) is 13.2 Å². The monoisotopic (exact) mass is 430 g/mol. The number of benzene rings is 2. The van der Waals surface area contributed by atoms with Crippen molar-refractivity contribution in [3.05, 3.63) is 65.2 Å². The Labute approximate surface area is 179 Å². The predicted molar refractivity (Wildman–Crippen MR) is 118 cm³/mol. The number of sulfonamides is 1. The summed E-state index contributed by atoms with van der Waals surface area (Å²) in [6.07, 6.45) is 3.69. The van der Waals surface area contributed by atoms with Crippen molar-refractivity contribution in [2.75, 3.05) is 20.2 Å². The number of ether oxygens (including phenoxy) is 1. The molecule has 0 aromatic heterocycles. The maximum absolute atomic E-state index is 12.7. The second-order valence-electron chi connectivity index (χ2n) is 7.62. The summed E-state index contributed by atoms with van der Waals surface area (Å²) in [5.41, 5.74) is 2.22. The Hall–Kier alpha value is -2.38. The number of methoxy groups -OCH3 is 1. The Balaban J connectivity index is 1.63. The maximum atomic E-state index is 12.7. The third kappa shape index (κ3) is 5.61. The molecule has 30 heavy (non-hydrogen) atoms. The highest BCUT2D eigenvalue weighted by Crippen LogP contribution is 2.21. The Morgan fingerprint density at radius 2 is 1.67 bits per heavy atom. The molecule has 1 fully saturated rings. The van der Waals surface area contributed by atoms with Gasteiger partial charge in [0.15, 0.2) is 0 Å². The second kappa shape index (κ2) is 10.1. The van der Waals surface area contributed by atoms with Crippen LogP contribution in [0.2, 0.25) is 0 Å². The van der Waals surface area contributed by atoms with Gasteiger partial charge in [-0.1, -0.05) is 37.6 Å². The van der Waals surface area contributed by atoms with Crippen LogP contribution in [0.4, 0.5) is 0 Å². The van der Waals surface area contributed by atoms with E-state index in [1.54, 1.807) is 35.7 Å². The number of amides is 1. The van der Waals surface area contributed by atoms with Crippen molar-refractivity contribution < 1.29 is 17.9 Å². The van der Waals surface area contributed by atoms with Gasteiger partial charge in [-0.2, -0.15) is 0 Å². The van der Waals surface area contributed by atoms with E-state index in [1.807, 2.05) is 31.2 Å². The van der Waals surface area contributed by atoms with Gasteiger partial charge in [-0.15, -0.1) is 0 Å². The van der Waals surface area contributed by atoms with E-state index >= 15 is 0 Å². The number of rotatable bonds is 8. The number of hydrogen-bond acceptors (Lipinski definition) is 4. The van der Waals surface area contributed by atoms with Gasteiger partial charge >= 0.3 is 0 Å². The molecule has 1 N–H and O–H groups in total. The van der Waals surface area contributed by atoms with Crippen molar-refractivity contribution in [1.29, 1.82) is 0 Å². The zero-order valence-corrected chi connectivity index (χ0v) is 18.5. The number of carbonyl (C=O) groups excluding carboxylic acids is 1. The molecular formula is C23H30N2O4S. The first kappa shape index (κ1) is 22.3. The molecule has 1 aliphatic heterocycles. The Morgan fingerprint density at radius 3 is 2.23 bits per heavy atom. The molecule has 0 bridgehead atoms. The molecule has 1 unspecified atom stereocenters. The molecule has 0 aliphatic carbocycles. The standard InChI is InChI=1S/C23H30N2O4S/c1-3-22(19-11-13-21(29-2)14-12-19)24-23(26)20-9-7-18(8-10-20)17-30(27,28)25-15-5-4-6-16-25/h7-14,22H,3-6,15-17H2,1-2H3,(H,24,26). The topological polar surface area (TPSA) is 75.7 Å². The number of nitrogens with one attached hydrogen (secondary N) is 1. The van der Waals surface area contributed by atoms with Crippen molar-refractivity contribution in [3.63, 3.8) is 0 Å². The lowest BCUT2D eigenvalue weighted by molar-refractivity contribution is 0.0935. The maximum Gasteiger partial charge on any atom is 0.251 e. The molecular weight excluding hydrogens is 400 g/mol. The van der Waals surface area contributed by atoms with Crippen molar-refractivity contribution in [2.24, 2.45) is 0 Å². The fourth-order valence-electron chi connectivity index (χ4n) is 3.70. The fourth-order valence-corrected chi connectivity index (χ4v) is 5.31. The molecule has 3 rings (SSSR count). The molecule has 1 atom stereocenters. The van der Waals surface area contributed by atoms with Gasteiger partial charge in [0.1, 0.15) is 5.75 Å². The van der Waals surface area contributed by atoms with Crippen LogP contribution in [0.1, 0.15) is 60.1 Å². The van der Waals surface area contributed by atoms with Gasteiger partial charge in [0, 0.05) is 18.7 Å². The average molecular weight is 431 g/mol. The SMILES string of the molecule is CCC(NC(=O)c1ccc(CS(=O)(=O)N2CCCCC2)cc1)c1ccc(OC)cc1. The second-order valence-corrected chi connectivity index (χ2v) is 9.59. The predicted octanol–water partition coefficient (Wildman–Crippen LogP) is 3.89. The summed E-state index contributed by atoms with van der Waals surface area (Å²) in [5.74, 6) is 0.566. The highest BCUT2D eigenvalue weighted by Gasteiger charge is 2.24. The van der Waals surface area contributed by atoms with Crippen molar-refractivity contribution in [2.45, 2.75) is 44.4 Å². The lowest BCUT2D eigenvalue weighted by atomic mass is 10.0. The number of nitrogens with zero attached hydrogens (tertiary/aromatic N) is 1. The molecule has 1 heterocycles.